The van der Waals surface area contributed by atoms with Crippen molar-refractivity contribution in [2.45, 2.75) is 50.5 Å². The molecule has 31 heavy (non-hydrogen) atoms. The topological polar surface area (TPSA) is 94.9 Å². The van der Waals surface area contributed by atoms with E-state index in [-0.39, 0.29) is 5.92 Å². The number of aromatic nitrogens is 5. The second-order valence-electron chi connectivity index (χ2n) is 8.81. The van der Waals surface area contributed by atoms with Crippen LogP contribution in [0.5, 0.6) is 0 Å². The SMILES string of the molecule is Cn1c(CN2CCCC(c3nn(-c4ccccc4)cc3C(N)=O)C2)nnc1C1CCC1. The van der Waals surface area contributed by atoms with Gasteiger partial charge in [-0.2, -0.15) is 5.10 Å². The van der Waals surface area contributed by atoms with Gasteiger partial charge in [-0.3, -0.25) is 9.69 Å². The maximum Gasteiger partial charge on any atom is 0.252 e. The Bertz CT molecular complexity index is 1070. The largest absolute Gasteiger partial charge is 0.365 e. The van der Waals surface area contributed by atoms with Gasteiger partial charge in [0.15, 0.2) is 0 Å². The highest BCUT2D eigenvalue weighted by Crippen LogP contribution is 2.35. The molecule has 1 aliphatic heterocycles. The molecule has 0 radical (unpaired) electrons. The molecule has 3 heterocycles. The first-order valence-corrected chi connectivity index (χ1v) is 11.2. The predicted molar refractivity (Wildman–Crippen MR) is 117 cm³/mol. The van der Waals surface area contributed by atoms with Crippen molar-refractivity contribution in [1.29, 1.82) is 0 Å². The van der Waals surface area contributed by atoms with Crippen LogP contribution in [0.2, 0.25) is 0 Å². The summed E-state index contributed by atoms with van der Waals surface area (Å²) in [6, 6.07) is 9.83. The Balaban J connectivity index is 1.35. The highest BCUT2D eigenvalue weighted by atomic mass is 16.1. The Morgan fingerprint density at radius 1 is 1.10 bits per heavy atom. The number of amides is 1. The fourth-order valence-corrected chi connectivity index (χ4v) is 4.75. The van der Waals surface area contributed by atoms with Gasteiger partial charge in [0.1, 0.15) is 11.6 Å². The van der Waals surface area contributed by atoms with Crippen molar-refractivity contribution in [3.63, 3.8) is 0 Å². The minimum absolute atomic E-state index is 0.167. The fourth-order valence-electron chi connectivity index (χ4n) is 4.75. The molecule has 1 unspecified atom stereocenters. The van der Waals surface area contributed by atoms with E-state index in [1.807, 2.05) is 30.3 Å². The van der Waals surface area contributed by atoms with Crippen LogP contribution in [-0.4, -0.2) is 48.4 Å². The van der Waals surface area contributed by atoms with E-state index in [1.54, 1.807) is 10.9 Å². The van der Waals surface area contributed by atoms with Crippen molar-refractivity contribution in [2.75, 3.05) is 13.1 Å². The summed E-state index contributed by atoms with van der Waals surface area (Å²) in [5.41, 5.74) is 7.95. The molecule has 2 aromatic heterocycles. The summed E-state index contributed by atoms with van der Waals surface area (Å²) in [6.07, 6.45) is 7.54. The second kappa shape index (κ2) is 8.26. The van der Waals surface area contributed by atoms with Crippen molar-refractivity contribution >= 4 is 5.91 Å². The fraction of sp³-hybridized carbons (Fsp3) is 0.478. The van der Waals surface area contributed by atoms with Gasteiger partial charge in [0, 0.05) is 31.6 Å². The third-order valence-electron chi connectivity index (χ3n) is 6.76. The first-order chi connectivity index (χ1) is 15.1. The lowest BCUT2D eigenvalue weighted by Crippen LogP contribution is -2.35. The zero-order valence-electron chi connectivity index (χ0n) is 17.9. The molecule has 2 N–H and O–H groups in total. The number of carbonyl (C=O) groups excluding carboxylic acids is 1. The van der Waals surface area contributed by atoms with E-state index in [2.05, 4.69) is 26.7 Å². The molecule has 1 saturated carbocycles. The molecule has 2 aliphatic rings. The van der Waals surface area contributed by atoms with Crippen LogP contribution in [0.3, 0.4) is 0 Å². The monoisotopic (exact) mass is 419 g/mol. The quantitative estimate of drug-likeness (QED) is 0.663. The Labute approximate surface area is 182 Å². The zero-order chi connectivity index (χ0) is 21.4. The molecule has 162 valence electrons. The minimum atomic E-state index is -0.423. The Morgan fingerprint density at radius 2 is 1.87 bits per heavy atom. The maximum atomic E-state index is 12.2. The number of carbonyl (C=O) groups is 1. The lowest BCUT2D eigenvalue weighted by Gasteiger charge is -2.32. The van der Waals surface area contributed by atoms with Crippen LogP contribution < -0.4 is 5.73 Å². The molecular weight excluding hydrogens is 390 g/mol. The van der Waals surface area contributed by atoms with Crippen molar-refractivity contribution < 1.29 is 4.79 Å². The van der Waals surface area contributed by atoms with E-state index in [9.17, 15) is 4.79 Å². The summed E-state index contributed by atoms with van der Waals surface area (Å²) in [4.78, 5) is 14.6. The molecular formula is C23H29N7O. The number of nitrogens with zero attached hydrogens (tertiary/aromatic N) is 6. The summed E-state index contributed by atoms with van der Waals surface area (Å²) >= 11 is 0. The summed E-state index contributed by atoms with van der Waals surface area (Å²) in [5.74, 6) is 2.44. The summed E-state index contributed by atoms with van der Waals surface area (Å²) in [6.45, 7) is 2.60. The van der Waals surface area contributed by atoms with Crippen LogP contribution >= 0.6 is 0 Å². The second-order valence-corrected chi connectivity index (χ2v) is 8.81. The maximum absolute atomic E-state index is 12.2. The van der Waals surface area contributed by atoms with Gasteiger partial charge in [0.2, 0.25) is 0 Å². The molecule has 1 atom stereocenters. The van der Waals surface area contributed by atoms with Gasteiger partial charge in [-0.15, -0.1) is 10.2 Å². The average molecular weight is 420 g/mol. The van der Waals surface area contributed by atoms with E-state index in [4.69, 9.17) is 10.8 Å². The van der Waals surface area contributed by atoms with Gasteiger partial charge in [0.05, 0.1) is 23.5 Å². The van der Waals surface area contributed by atoms with Gasteiger partial charge in [-0.25, -0.2) is 4.68 Å². The molecule has 8 heteroatoms. The normalized spacial score (nSPS) is 20.0. The van der Waals surface area contributed by atoms with Gasteiger partial charge in [-0.05, 0) is 44.4 Å². The number of para-hydroxylation sites is 1. The summed E-state index contributed by atoms with van der Waals surface area (Å²) in [5, 5.41) is 13.7. The van der Waals surface area contributed by atoms with Crippen LogP contribution in [0, 0.1) is 0 Å². The van der Waals surface area contributed by atoms with Crippen LogP contribution in [0.25, 0.3) is 5.69 Å². The summed E-state index contributed by atoms with van der Waals surface area (Å²) in [7, 11) is 2.08. The highest BCUT2D eigenvalue weighted by Gasteiger charge is 2.30. The molecule has 0 bridgehead atoms. The molecule has 8 nitrogen and oxygen atoms in total. The zero-order valence-corrected chi connectivity index (χ0v) is 17.9. The number of nitrogens with two attached hydrogens (primary N) is 1. The number of benzene rings is 1. The van der Waals surface area contributed by atoms with Gasteiger partial charge in [0.25, 0.3) is 5.91 Å². The lowest BCUT2D eigenvalue weighted by atomic mass is 9.85. The van der Waals surface area contributed by atoms with Gasteiger partial charge >= 0.3 is 0 Å². The van der Waals surface area contributed by atoms with Crippen molar-refractivity contribution in [3.05, 3.63) is 59.4 Å². The standard InChI is InChI=1S/C23H29N7O/c1-28-20(25-26-23(28)16-7-5-8-16)15-29-12-6-9-17(13-29)21-19(22(24)31)14-30(27-21)18-10-3-2-4-11-18/h2-4,10-11,14,16-17H,5-9,12-13,15H2,1H3,(H2,24,31). The number of piperidine rings is 1. The third kappa shape index (κ3) is 3.87. The molecule has 1 saturated heterocycles. The first kappa shape index (κ1) is 19.9. The molecule has 1 aromatic carbocycles. The average Bonchev–Trinajstić information content (AvgIpc) is 3.34. The van der Waals surface area contributed by atoms with Crippen LogP contribution in [-0.2, 0) is 13.6 Å². The smallest absolute Gasteiger partial charge is 0.252 e. The Morgan fingerprint density at radius 3 is 2.58 bits per heavy atom. The molecule has 5 rings (SSSR count). The van der Waals surface area contributed by atoms with Crippen molar-refractivity contribution in [3.8, 4) is 5.69 Å². The Hall–Kier alpha value is -3.00. The highest BCUT2D eigenvalue weighted by molar-refractivity contribution is 5.94. The number of primary amides is 1. The van der Waals surface area contributed by atoms with E-state index >= 15 is 0 Å². The molecule has 1 aliphatic carbocycles. The first-order valence-electron chi connectivity index (χ1n) is 11.2. The minimum Gasteiger partial charge on any atom is -0.365 e. The molecule has 3 aromatic rings. The molecule has 2 fully saturated rings. The number of hydrogen-bond acceptors (Lipinski definition) is 5. The van der Waals surface area contributed by atoms with Crippen LogP contribution in [0.4, 0.5) is 0 Å². The number of hydrogen-bond donors (Lipinski definition) is 1. The molecule has 0 spiro atoms. The summed E-state index contributed by atoms with van der Waals surface area (Å²) < 4.78 is 3.94. The van der Waals surface area contributed by atoms with Gasteiger partial charge in [-0.1, -0.05) is 24.6 Å². The Kier molecular flexibility index (Phi) is 5.31. The van der Waals surface area contributed by atoms with Gasteiger partial charge < -0.3 is 10.3 Å². The van der Waals surface area contributed by atoms with E-state index < -0.39 is 5.91 Å². The van der Waals surface area contributed by atoms with Crippen molar-refractivity contribution in [2.24, 2.45) is 12.8 Å². The lowest BCUT2D eigenvalue weighted by molar-refractivity contribution is 0.0997. The number of likely N-dealkylation sites (tertiary alicyclic amines) is 1. The third-order valence-corrected chi connectivity index (χ3v) is 6.76. The van der Waals surface area contributed by atoms with E-state index in [0.29, 0.717) is 11.5 Å². The molecule has 1 amide bonds. The number of rotatable bonds is 6. The van der Waals surface area contributed by atoms with E-state index in [0.717, 1.165) is 55.5 Å². The van der Waals surface area contributed by atoms with Crippen LogP contribution in [0.1, 0.15) is 71.6 Å². The predicted octanol–water partition coefficient (Wildman–Crippen LogP) is 2.75. The van der Waals surface area contributed by atoms with Crippen LogP contribution in [0.15, 0.2) is 36.5 Å². The van der Waals surface area contributed by atoms with E-state index in [1.165, 1.54) is 19.3 Å². The van der Waals surface area contributed by atoms with Crippen molar-refractivity contribution in [1.82, 2.24) is 29.4 Å².